The zero-order valence-electron chi connectivity index (χ0n) is 15.8. The number of carbonyl (C=O) groups is 3. The molecule has 1 aromatic carbocycles. The number of halogens is 2. The number of hydrogen-bond donors (Lipinski definition) is 0. The lowest BCUT2D eigenvalue weighted by Crippen LogP contribution is -2.48. The molecule has 0 radical (unpaired) electrons. The van der Waals surface area contributed by atoms with Gasteiger partial charge in [0, 0.05) is 9.65 Å². The smallest absolute Gasteiger partial charge is 0.334 e. The van der Waals surface area contributed by atoms with Crippen LogP contribution in [0.2, 0.25) is 0 Å². The van der Waals surface area contributed by atoms with Crippen molar-refractivity contribution < 1.29 is 19.1 Å². The summed E-state index contributed by atoms with van der Waals surface area (Å²) in [5.41, 5.74) is 0. The number of likely N-dealkylation sites (tertiary alicyclic amines) is 1. The van der Waals surface area contributed by atoms with Crippen LogP contribution in [0, 0.1) is 29.6 Å². The van der Waals surface area contributed by atoms with Crippen molar-refractivity contribution in [3.8, 4) is 5.75 Å². The molecule has 3 fully saturated rings. The molecule has 1 aliphatic heterocycles. The Labute approximate surface area is 181 Å². The van der Waals surface area contributed by atoms with Crippen LogP contribution in [0.25, 0.3) is 0 Å². The Balaban J connectivity index is 1.61. The summed E-state index contributed by atoms with van der Waals surface area (Å²) in [7, 11) is 0. The van der Waals surface area contributed by atoms with Crippen LogP contribution in [0.3, 0.4) is 0 Å². The summed E-state index contributed by atoms with van der Waals surface area (Å²) in [6.45, 7) is 3.95. The predicted octanol–water partition coefficient (Wildman–Crippen LogP) is 3.78. The van der Waals surface area contributed by atoms with Crippen LogP contribution in [-0.4, -0.2) is 38.4 Å². The minimum atomic E-state index is -0.882. The molecule has 7 heteroatoms. The molecular weight excluding hydrogens is 490 g/mol. The van der Waals surface area contributed by atoms with Gasteiger partial charge in [-0.3, -0.25) is 14.5 Å². The third-order valence-electron chi connectivity index (χ3n) is 6.26. The number of esters is 1. The summed E-state index contributed by atoms with van der Waals surface area (Å²) in [6, 6.07) is 7.89. The Morgan fingerprint density at radius 3 is 2.11 bits per heavy atom. The molecule has 2 saturated carbocycles. The third kappa shape index (κ3) is 3.15. The Bertz CT molecular complexity index is 767. The fourth-order valence-corrected chi connectivity index (χ4v) is 6.98. The van der Waals surface area contributed by atoms with Crippen molar-refractivity contribution in [3.05, 3.63) is 30.3 Å². The minimum Gasteiger partial charge on any atom is -0.425 e. The van der Waals surface area contributed by atoms with Crippen molar-refractivity contribution in [2.45, 2.75) is 42.4 Å². The van der Waals surface area contributed by atoms with Crippen LogP contribution < -0.4 is 4.74 Å². The lowest BCUT2D eigenvalue weighted by molar-refractivity contribution is -0.154. The molecule has 2 amide bonds. The van der Waals surface area contributed by atoms with Gasteiger partial charge in [0.1, 0.15) is 11.8 Å². The molecule has 1 aromatic rings. The van der Waals surface area contributed by atoms with E-state index in [0.29, 0.717) is 12.2 Å². The highest BCUT2D eigenvalue weighted by atomic mass is 79.9. The fourth-order valence-electron chi connectivity index (χ4n) is 5.11. The SMILES string of the molecule is CC(C)C[C@@H](C(=O)Oc1ccccc1)N1C(=O)[C@@H]2[C@@H]3C[C@H]([C@H](Br)[C@@H]3Br)[C@@H]2C1=O. The summed E-state index contributed by atoms with van der Waals surface area (Å²) in [6.07, 6.45) is 1.27. The van der Waals surface area contributed by atoms with E-state index in [1.165, 1.54) is 4.90 Å². The molecule has 0 aromatic heterocycles. The van der Waals surface area contributed by atoms with E-state index in [1.807, 2.05) is 19.9 Å². The molecule has 0 spiro atoms. The number of nitrogens with zero attached hydrogens (tertiary/aromatic N) is 1. The van der Waals surface area contributed by atoms with Crippen molar-refractivity contribution in [1.82, 2.24) is 4.90 Å². The molecule has 7 atom stereocenters. The maximum atomic E-state index is 13.3. The topological polar surface area (TPSA) is 63.7 Å². The van der Waals surface area contributed by atoms with Gasteiger partial charge in [-0.1, -0.05) is 63.9 Å². The summed E-state index contributed by atoms with van der Waals surface area (Å²) in [4.78, 5) is 41.1. The van der Waals surface area contributed by atoms with E-state index in [-0.39, 0.29) is 51.1 Å². The number of imide groups is 1. The van der Waals surface area contributed by atoms with Gasteiger partial charge in [-0.2, -0.15) is 0 Å². The zero-order valence-corrected chi connectivity index (χ0v) is 18.9. The molecule has 3 aliphatic rings. The van der Waals surface area contributed by atoms with Crippen LogP contribution in [0.15, 0.2) is 30.3 Å². The van der Waals surface area contributed by atoms with Gasteiger partial charge in [0.05, 0.1) is 11.8 Å². The second-order valence-corrected chi connectivity index (χ2v) is 10.5. The van der Waals surface area contributed by atoms with E-state index in [2.05, 4.69) is 31.9 Å². The number of benzene rings is 1. The first-order valence-corrected chi connectivity index (χ1v) is 11.6. The van der Waals surface area contributed by atoms with E-state index in [4.69, 9.17) is 4.74 Å². The van der Waals surface area contributed by atoms with Crippen molar-refractivity contribution >= 4 is 49.6 Å². The maximum Gasteiger partial charge on any atom is 0.334 e. The van der Waals surface area contributed by atoms with Gasteiger partial charge in [-0.05, 0) is 42.7 Å². The second-order valence-electron chi connectivity index (χ2n) is 8.43. The average molecular weight is 513 g/mol. The summed E-state index contributed by atoms with van der Waals surface area (Å²) < 4.78 is 5.52. The van der Waals surface area contributed by atoms with Gasteiger partial charge in [0.25, 0.3) is 0 Å². The zero-order chi connectivity index (χ0) is 20.2. The first-order chi connectivity index (χ1) is 13.3. The van der Waals surface area contributed by atoms with Gasteiger partial charge in [0.15, 0.2) is 0 Å². The van der Waals surface area contributed by atoms with E-state index >= 15 is 0 Å². The van der Waals surface area contributed by atoms with Crippen LogP contribution >= 0.6 is 31.9 Å². The number of hydrogen-bond acceptors (Lipinski definition) is 4. The second kappa shape index (κ2) is 7.56. The monoisotopic (exact) mass is 511 g/mol. The fraction of sp³-hybridized carbons (Fsp3) is 0.571. The van der Waals surface area contributed by atoms with Crippen molar-refractivity contribution in [2.75, 3.05) is 0 Å². The van der Waals surface area contributed by atoms with Crippen molar-refractivity contribution in [3.63, 3.8) is 0 Å². The number of ether oxygens (including phenoxy) is 1. The van der Waals surface area contributed by atoms with E-state index in [9.17, 15) is 14.4 Å². The maximum absolute atomic E-state index is 13.3. The van der Waals surface area contributed by atoms with E-state index in [1.54, 1.807) is 24.3 Å². The number of carbonyl (C=O) groups excluding carboxylic acids is 3. The van der Waals surface area contributed by atoms with Crippen LogP contribution in [0.5, 0.6) is 5.75 Å². The number of para-hydroxylation sites is 1. The molecule has 2 aliphatic carbocycles. The quantitative estimate of drug-likeness (QED) is 0.260. The van der Waals surface area contributed by atoms with Crippen LogP contribution in [0.4, 0.5) is 0 Å². The van der Waals surface area contributed by atoms with Gasteiger partial charge in [0.2, 0.25) is 11.8 Å². The molecule has 28 heavy (non-hydrogen) atoms. The Kier molecular flexibility index (Phi) is 5.42. The van der Waals surface area contributed by atoms with Gasteiger partial charge in [-0.25, -0.2) is 4.79 Å². The molecule has 0 unspecified atom stereocenters. The number of rotatable bonds is 5. The van der Waals surface area contributed by atoms with Gasteiger partial charge in [-0.15, -0.1) is 0 Å². The lowest BCUT2D eigenvalue weighted by atomic mass is 9.81. The van der Waals surface area contributed by atoms with Crippen LogP contribution in [0.1, 0.15) is 26.7 Å². The molecule has 0 N–H and O–H groups in total. The highest BCUT2D eigenvalue weighted by Gasteiger charge is 2.67. The van der Waals surface area contributed by atoms with E-state index < -0.39 is 12.0 Å². The van der Waals surface area contributed by atoms with Gasteiger partial charge >= 0.3 is 5.97 Å². The lowest BCUT2D eigenvalue weighted by Gasteiger charge is -2.28. The van der Waals surface area contributed by atoms with Crippen LogP contribution in [-0.2, 0) is 14.4 Å². The molecule has 1 saturated heterocycles. The minimum absolute atomic E-state index is 0.130. The average Bonchev–Trinajstić information content (AvgIpc) is 3.26. The highest BCUT2D eigenvalue weighted by Crippen LogP contribution is 2.60. The molecular formula is C21H23Br2NO4. The number of alkyl halides is 2. The summed E-state index contributed by atoms with van der Waals surface area (Å²) in [5, 5.41) is 0. The summed E-state index contributed by atoms with van der Waals surface area (Å²) in [5.74, 6) is -0.787. The molecule has 5 nitrogen and oxygen atoms in total. The molecule has 1 heterocycles. The largest absolute Gasteiger partial charge is 0.425 e. The van der Waals surface area contributed by atoms with Crippen molar-refractivity contribution in [1.29, 1.82) is 0 Å². The normalized spacial score (nSPS) is 34.8. The molecule has 150 valence electrons. The number of fused-ring (bicyclic) bond motifs is 5. The Morgan fingerprint density at radius 2 is 1.61 bits per heavy atom. The molecule has 2 bridgehead atoms. The highest BCUT2D eigenvalue weighted by molar-refractivity contribution is 9.12. The summed E-state index contributed by atoms with van der Waals surface area (Å²) >= 11 is 7.39. The Hall–Kier alpha value is -1.21. The van der Waals surface area contributed by atoms with Crippen molar-refractivity contribution in [2.24, 2.45) is 29.6 Å². The standard InChI is InChI=1S/C21H23Br2NO4/c1-10(2)8-14(21(27)28-11-6-4-3-5-7-11)24-19(25)15-12-9-13(16(15)20(24)26)18(23)17(12)22/h3-7,10,12-18H,8-9H2,1-2H3/t12-,13-,14-,15-,16+,17-,18+/m0/s1. The first-order valence-electron chi connectivity index (χ1n) is 9.73. The third-order valence-corrected chi connectivity index (χ3v) is 9.47. The Morgan fingerprint density at radius 1 is 1.07 bits per heavy atom. The first kappa shape index (κ1) is 20.1. The predicted molar refractivity (Wildman–Crippen MR) is 111 cm³/mol. The van der Waals surface area contributed by atoms with E-state index in [0.717, 1.165) is 6.42 Å². The molecule has 4 rings (SSSR count). The van der Waals surface area contributed by atoms with Gasteiger partial charge < -0.3 is 4.74 Å². The number of amides is 2.